The summed E-state index contributed by atoms with van der Waals surface area (Å²) in [6.07, 6.45) is 9.19. The highest BCUT2D eigenvalue weighted by Crippen LogP contribution is 2.25. The first-order valence-corrected chi connectivity index (χ1v) is 8.59. The van der Waals surface area contributed by atoms with Gasteiger partial charge in [-0.05, 0) is 56.4 Å². The molecule has 19 heavy (non-hydrogen) atoms. The number of nitrogens with zero attached hydrogens (tertiary/aromatic N) is 1. The molecule has 104 valence electrons. The van der Waals surface area contributed by atoms with Gasteiger partial charge < -0.3 is 9.88 Å². The number of likely N-dealkylation sites (tertiary alicyclic amines) is 1. The molecule has 1 fully saturated rings. The van der Waals surface area contributed by atoms with Crippen LogP contribution in [0.4, 0.5) is 0 Å². The highest BCUT2D eigenvalue weighted by atomic mass is 32.2. The van der Waals surface area contributed by atoms with Crippen molar-refractivity contribution in [2.24, 2.45) is 0 Å². The standard InChI is InChI=1S/C15H22N2OS/c1-19-12-6-8-17(9-7-12)15(18)14-10-11-4-2-3-5-13(11)16-14/h10,12,16H,2-9H2,1H3. The summed E-state index contributed by atoms with van der Waals surface area (Å²) < 4.78 is 0. The summed E-state index contributed by atoms with van der Waals surface area (Å²) in [5.74, 6) is 0.203. The normalized spacial score (nSPS) is 20.4. The molecule has 1 aromatic rings. The average molecular weight is 278 g/mol. The second-order valence-electron chi connectivity index (χ2n) is 5.62. The maximum absolute atomic E-state index is 12.5. The van der Waals surface area contributed by atoms with Crippen LogP contribution in [0, 0.1) is 0 Å². The van der Waals surface area contributed by atoms with E-state index in [1.807, 2.05) is 16.7 Å². The Morgan fingerprint density at radius 2 is 2.05 bits per heavy atom. The van der Waals surface area contributed by atoms with Gasteiger partial charge in [0, 0.05) is 24.0 Å². The number of aromatic nitrogens is 1. The monoisotopic (exact) mass is 278 g/mol. The Kier molecular flexibility index (Phi) is 3.87. The Morgan fingerprint density at radius 3 is 2.74 bits per heavy atom. The van der Waals surface area contributed by atoms with E-state index in [1.54, 1.807) is 0 Å². The Balaban J connectivity index is 1.68. The number of H-pyrrole nitrogens is 1. The topological polar surface area (TPSA) is 36.1 Å². The number of amides is 1. The minimum absolute atomic E-state index is 0.203. The lowest BCUT2D eigenvalue weighted by Gasteiger charge is -2.30. The summed E-state index contributed by atoms with van der Waals surface area (Å²) in [5, 5.41) is 0.737. The molecule has 1 N–H and O–H groups in total. The number of aryl methyl sites for hydroxylation is 2. The first kappa shape index (κ1) is 13.1. The van der Waals surface area contributed by atoms with Crippen LogP contribution in [0.1, 0.15) is 47.4 Å². The average Bonchev–Trinajstić information content (AvgIpc) is 2.90. The molecule has 4 heteroatoms. The van der Waals surface area contributed by atoms with Gasteiger partial charge in [0.25, 0.3) is 5.91 Å². The maximum atomic E-state index is 12.5. The number of piperidine rings is 1. The smallest absolute Gasteiger partial charge is 0.270 e. The molecule has 0 radical (unpaired) electrons. The second-order valence-corrected chi connectivity index (χ2v) is 6.76. The van der Waals surface area contributed by atoms with E-state index in [9.17, 15) is 4.79 Å². The summed E-state index contributed by atoms with van der Waals surface area (Å²) in [5.41, 5.74) is 3.48. The molecule has 1 amide bonds. The van der Waals surface area contributed by atoms with E-state index in [-0.39, 0.29) is 5.91 Å². The molecule has 0 atom stereocenters. The summed E-state index contributed by atoms with van der Waals surface area (Å²) >= 11 is 1.93. The minimum atomic E-state index is 0.203. The molecular formula is C15H22N2OS. The van der Waals surface area contributed by atoms with Gasteiger partial charge in [-0.15, -0.1) is 0 Å². The van der Waals surface area contributed by atoms with Gasteiger partial charge in [0.1, 0.15) is 5.69 Å². The van der Waals surface area contributed by atoms with Gasteiger partial charge in [0.15, 0.2) is 0 Å². The predicted octanol–water partition coefficient (Wildman–Crippen LogP) is 2.86. The fraction of sp³-hybridized carbons (Fsp3) is 0.667. The quantitative estimate of drug-likeness (QED) is 0.903. The Labute approximate surface area is 119 Å². The van der Waals surface area contributed by atoms with Crippen LogP contribution in [-0.2, 0) is 12.8 Å². The van der Waals surface area contributed by atoms with E-state index in [0.29, 0.717) is 0 Å². The second kappa shape index (κ2) is 5.61. The molecule has 2 heterocycles. The fourth-order valence-electron chi connectivity index (χ4n) is 3.18. The van der Waals surface area contributed by atoms with Crippen molar-refractivity contribution in [2.45, 2.75) is 43.8 Å². The van der Waals surface area contributed by atoms with Gasteiger partial charge in [0.05, 0.1) is 0 Å². The van der Waals surface area contributed by atoms with Crippen LogP contribution in [0.2, 0.25) is 0 Å². The van der Waals surface area contributed by atoms with Gasteiger partial charge in [-0.1, -0.05) is 0 Å². The Morgan fingerprint density at radius 1 is 1.32 bits per heavy atom. The zero-order chi connectivity index (χ0) is 13.2. The molecular weight excluding hydrogens is 256 g/mol. The van der Waals surface area contributed by atoms with Crippen molar-refractivity contribution in [1.82, 2.24) is 9.88 Å². The largest absolute Gasteiger partial charge is 0.354 e. The number of fused-ring (bicyclic) bond motifs is 1. The highest BCUT2D eigenvalue weighted by Gasteiger charge is 2.25. The number of hydrogen-bond acceptors (Lipinski definition) is 2. The van der Waals surface area contributed by atoms with E-state index in [4.69, 9.17) is 0 Å². The van der Waals surface area contributed by atoms with E-state index < -0.39 is 0 Å². The van der Waals surface area contributed by atoms with Crippen LogP contribution in [0.3, 0.4) is 0 Å². The molecule has 2 aliphatic rings. The van der Waals surface area contributed by atoms with Crippen LogP contribution < -0.4 is 0 Å². The zero-order valence-corrected chi connectivity index (χ0v) is 12.4. The summed E-state index contributed by atoms with van der Waals surface area (Å²) in [7, 11) is 0. The van der Waals surface area contributed by atoms with Crippen LogP contribution in [0.15, 0.2) is 6.07 Å². The molecule has 1 saturated heterocycles. The van der Waals surface area contributed by atoms with Crippen molar-refractivity contribution in [3.8, 4) is 0 Å². The van der Waals surface area contributed by atoms with Gasteiger partial charge >= 0.3 is 0 Å². The van der Waals surface area contributed by atoms with Crippen molar-refractivity contribution in [3.63, 3.8) is 0 Å². The van der Waals surface area contributed by atoms with E-state index in [2.05, 4.69) is 17.3 Å². The highest BCUT2D eigenvalue weighted by molar-refractivity contribution is 7.99. The van der Waals surface area contributed by atoms with Gasteiger partial charge in [-0.2, -0.15) is 11.8 Å². The van der Waals surface area contributed by atoms with Crippen molar-refractivity contribution >= 4 is 17.7 Å². The summed E-state index contributed by atoms with van der Waals surface area (Å²) in [6, 6.07) is 2.09. The van der Waals surface area contributed by atoms with Gasteiger partial charge in [-0.3, -0.25) is 4.79 Å². The van der Waals surface area contributed by atoms with Crippen LogP contribution in [-0.4, -0.2) is 40.4 Å². The number of thioether (sulfide) groups is 1. The molecule has 1 aliphatic heterocycles. The number of hydrogen-bond donors (Lipinski definition) is 1. The first-order valence-electron chi connectivity index (χ1n) is 7.31. The van der Waals surface area contributed by atoms with Crippen LogP contribution >= 0.6 is 11.8 Å². The lowest BCUT2D eigenvalue weighted by Crippen LogP contribution is -2.39. The number of carbonyl (C=O) groups is 1. The predicted molar refractivity (Wildman–Crippen MR) is 79.9 cm³/mol. The number of carbonyl (C=O) groups excluding carboxylic acids is 1. The van der Waals surface area contributed by atoms with Crippen LogP contribution in [0.5, 0.6) is 0 Å². The summed E-state index contributed by atoms with van der Waals surface area (Å²) in [4.78, 5) is 17.9. The van der Waals surface area contributed by atoms with E-state index >= 15 is 0 Å². The molecule has 0 spiro atoms. The fourth-order valence-corrected chi connectivity index (χ4v) is 3.87. The lowest BCUT2D eigenvalue weighted by molar-refractivity contribution is 0.0722. The number of aromatic amines is 1. The third kappa shape index (κ3) is 2.69. The lowest BCUT2D eigenvalue weighted by atomic mass is 9.98. The molecule has 0 bridgehead atoms. The SMILES string of the molecule is CSC1CCN(C(=O)c2cc3c([nH]2)CCCC3)CC1. The van der Waals surface area contributed by atoms with Crippen molar-refractivity contribution < 1.29 is 4.79 Å². The maximum Gasteiger partial charge on any atom is 0.270 e. The van der Waals surface area contributed by atoms with Gasteiger partial charge in [0.2, 0.25) is 0 Å². The molecule has 0 unspecified atom stereocenters. The molecule has 1 aromatic heterocycles. The van der Waals surface area contributed by atoms with E-state index in [1.165, 1.54) is 24.1 Å². The third-order valence-corrected chi connectivity index (χ3v) is 5.55. The van der Waals surface area contributed by atoms with Crippen molar-refractivity contribution in [3.05, 3.63) is 23.0 Å². The molecule has 3 nitrogen and oxygen atoms in total. The minimum Gasteiger partial charge on any atom is -0.354 e. The summed E-state index contributed by atoms with van der Waals surface area (Å²) in [6.45, 7) is 1.82. The first-order chi connectivity index (χ1) is 9.28. The van der Waals surface area contributed by atoms with Gasteiger partial charge in [-0.25, -0.2) is 0 Å². The van der Waals surface area contributed by atoms with Crippen molar-refractivity contribution in [1.29, 1.82) is 0 Å². The molecule has 0 saturated carbocycles. The molecule has 0 aromatic carbocycles. The Bertz CT molecular complexity index is 437. The third-order valence-electron chi connectivity index (χ3n) is 4.41. The molecule has 1 aliphatic carbocycles. The van der Waals surface area contributed by atoms with Crippen molar-refractivity contribution in [2.75, 3.05) is 19.3 Å². The number of nitrogens with one attached hydrogen (secondary N) is 1. The van der Waals surface area contributed by atoms with Crippen LogP contribution in [0.25, 0.3) is 0 Å². The van der Waals surface area contributed by atoms with E-state index in [0.717, 1.165) is 49.7 Å². The molecule has 3 rings (SSSR count). The Hall–Kier alpha value is -0.900. The number of rotatable bonds is 2. The zero-order valence-electron chi connectivity index (χ0n) is 11.6.